The second-order valence-corrected chi connectivity index (χ2v) is 6.59. The first-order chi connectivity index (χ1) is 13.5. The molecule has 2 aromatic carbocycles. The van der Waals surface area contributed by atoms with E-state index in [1.165, 1.54) is 7.11 Å². The van der Waals surface area contributed by atoms with Crippen molar-refractivity contribution in [2.45, 2.75) is 13.0 Å². The lowest BCUT2D eigenvalue weighted by Crippen LogP contribution is -2.24. The summed E-state index contributed by atoms with van der Waals surface area (Å²) in [4.78, 5) is 24.2. The smallest absolute Gasteiger partial charge is 0.346 e. The van der Waals surface area contributed by atoms with Gasteiger partial charge in [0.2, 0.25) is 5.78 Å². The third-order valence-corrected chi connectivity index (χ3v) is 4.70. The Morgan fingerprint density at radius 1 is 1.21 bits per heavy atom. The predicted octanol–water partition coefficient (Wildman–Crippen LogP) is 3.73. The summed E-state index contributed by atoms with van der Waals surface area (Å²) in [6.07, 6.45) is 2.96. The maximum atomic E-state index is 12.7. The van der Waals surface area contributed by atoms with Crippen LogP contribution in [0, 0.1) is 0 Å². The Kier molecular flexibility index (Phi) is 4.39. The largest absolute Gasteiger partial charge is 0.479 e. The molecule has 4 rings (SSSR count). The van der Waals surface area contributed by atoms with E-state index >= 15 is 0 Å². The summed E-state index contributed by atoms with van der Waals surface area (Å²) < 4.78 is 18.0. The van der Waals surface area contributed by atoms with Crippen molar-refractivity contribution < 1.29 is 23.8 Å². The summed E-state index contributed by atoms with van der Waals surface area (Å²) in [6, 6.07) is 12.9. The molecule has 3 aromatic rings. The Morgan fingerprint density at radius 2 is 2.00 bits per heavy atom. The molecule has 0 spiro atoms. The zero-order valence-corrected chi connectivity index (χ0v) is 15.8. The van der Waals surface area contributed by atoms with Crippen LogP contribution in [-0.4, -0.2) is 29.5 Å². The maximum Gasteiger partial charge on any atom is 0.346 e. The number of hydrogen-bond donors (Lipinski definition) is 0. The van der Waals surface area contributed by atoms with Gasteiger partial charge in [0, 0.05) is 35.8 Å². The highest BCUT2D eigenvalue weighted by Gasteiger charge is 2.28. The third kappa shape index (κ3) is 3.03. The summed E-state index contributed by atoms with van der Waals surface area (Å²) >= 11 is 0. The van der Waals surface area contributed by atoms with Crippen molar-refractivity contribution >= 4 is 28.7 Å². The lowest BCUT2D eigenvalue weighted by Gasteiger charge is -2.12. The van der Waals surface area contributed by atoms with Crippen LogP contribution in [0.4, 0.5) is 0 Å². The van der Waals surface area contributed by atoms with E-state index in [1.807, 2.05) is 42.1 Å². The van der Waals surface area contributed by atoms with E-state index in [2.05, 4.69) is 4.74 Å². The minimum atomic E-state index is -0.758. The molecule has 0 amide bonds. The quantitative estimate of drug-likeness (QED) is 0.512. The van der Waals surface area contributed by atoms with Gasteiger partial charge in [-0.15, -0.1) is 0 Å². The fourth-order valence-corrected chi connectivity index (χ4v) is 3.29. The molecule has 2 heterocycles. The SMILES string of the molecule is COC(=O)C(C)Oc1ccc2c(c1)OC(=Cc1cn(C)c3ccccc13)C2=O. The highest BCUT2D eigenvalue weighted by Crippen LogP contribution is 2.36. The molecular formula is C22H19NO5. The molecule has 142 valence electrons. The van der Waals surface area contributed by atoms with E-state index in [0.29, 0.717) is 17.1 Å². The number of para-hydroxylation sites is 1. The van der Waals surface area contributed by atoms with Gasteiger partial charge >= 0.3 is 5.97 Å². The molecule has 0 bridgehead atoms. The number of hydrogen-bond acceptors (Lipinski definition) is 5. The molecule has 6 heteroatoms. The molecule has 0 saturated heterocycles. The van der Waals surface area contributed by atoms with Crippen LogP contribution in [0.25, 0.3) is 17.0 Å². The monoisotopic (exact) mass is 377 g/mol. The molecule has 1 unspecified atom stereocenters. The molecule has 0 N–H and O–H groups in total. The first-order valence-electron chi connectivity index (χ1n) is 8.85. The fourth-order valence-electron chi connectivity index (χ4n) is 3.29. The van der Waals surface area contributed by atoms with Gasteiger partial charge in [-0.2, -0.15) is 0 Å². The number of benzene rings is 2. The molecule has 1 aliphatic rings. The maximum absolute atomic E-state index is 12.7. The normalized spacial score (nSPS) is 15.4. The van der Waals surface area contributed by atoms with E-state index < -0.39 is 12.1 Å². The summed E-state index contributed by atoms with van der Waals surface area (Å²) in [5.74, 6) is 0.427. The molecule has 6 nitrogen and oxygen atoms in total. The van der Waals surface area contributed by atoms with Crippen molar-refractivity contribution in [3.63, 3.8) is 0 Å². The zero-order chi connectivity index (χ0) is 19.8. The molecule has 1 aromatic heterocycles. The van der Waals surface area contributed by atoms with Crippen LogP contribution < -0.4 is 9.47 Å². The summed E-state index contributed by atoms with van der Waals surface area (Å²) in [6.45, 7) is 1.59. The van der Waals surface area contributed by atoms with E-state index in [1.54, 1.807) is 31.2 Å². The number of esters is 1. The van der Waals surface area contributed by atoms with E-state index in [0.717, 1.165) is 16.5 Å². The van der Waals surface area contributed by atoms with Gasteiger partial charge in [0.15, 0.2) is 11.9 Å². The van der Waals surface area contributed by atoms with Crippen molar-refractivity contribution in [3.8, 4) is 11.5 Å². The lowest BCUT2D eigenvalue weighted by molar-refractivity contribution is -0.147. The number of aryl methyl sites for hydroxylation is 1. The van der Waals surface area contributed by atoms with Crippen molar-refractivity contribution in [3.05, 3.63) is 65.5 Å². The number of aromatic nitrogens is 1. The van der Waals surface area contributed by atoms with Gasteiger partial charge in [-0.25, -0.2) is 4.79 Å². The van der Waals surface area contributed by atoms with Crippen molar-refractivity contribution in [1.29, 1.82) is 0 Å². The number of methoxy groups -OCH3 is 1. The molecule has 28 heavy (non-hydrogen) atoms. The molecular weight excluding hydrogens is 358 g/mol. The van der Waals surface area contributed by atoms with E-state index in [9.17, 15) is 9.59 Å². The topological polar surface area (TPSA) is 66.8 Å². The van der Waals surface area contributed by atoms with Crippen molar-refractivity contribution in [2.75, 3.05) is 7.11 Å². The van der Waals surface area contributed by atoms with Gasteiger partial charge in [-0.05, 0) is 31.2 Å². The second-order valence-electron chi connectivity index (χ2n) is 6.59. The average molecular weight is 377 g/mol. The zero-order valence-electron chi connectivity index (χ0n) is 15.8. The van der Waals surface area contributed by atoms with Gasteiger partial charge in [-0.3, -0.25) is 4.79 Å². The Hall–Kier alpha value is -3.54. The summed E-state index contributed by atoms with van der Waals surface area (Å²) in [7, 11) is 3.26. The number of allylic oxidation sites excluding steroid dienone is 1. The lowest BCUT2D eigenvalue weighted by atomic mass is 10.1. The molecule has 0 radical (unpaired) electrons. The number of ketones is 1. The number of ether oxygens (including phenoxy) is 3. The van der Waals surface area contributed by atoms with Crippen LogP contribution in [0.15, 0.2) is 54.4 Å². The molecule has 0 saturated carbocycles. The van der Waals surface area contributed by atoms with Gasteiger partial charge in [0.1, 0.15) is 11.5 Å². The Labute approximate surface area is 161 Å². The minimum Gasteiger partial charge on any atom is -0.479 e. The van der Waals surface area contributed by atoms with Crippen LogP contribution in [0.1, 0.15) is 22.8 Å². The Balaban J connectivity index is 1.63. The number of nitrogens with zero attached hydrogens (tertiary/aromatic N) is 1. The molecule has 1 atom stereocenters. The van der Waals surface area contributed by atoms with Gasteiger partial charge < -0.3 is 18.8 Å². The van der Waals surface area contributed by atoms with Crippen LogP contribution >= 0.6 is 0 Å². The highest BCUT2D eigenvalue weighted by molar-refractivity contribution is 6.15. The standard InChI is InChI=1S/C22H19NO5/c1-13(22(25)26-3)27-15-8-9-17-19(11-15)28-20(21(17)24)10-14-12-23(2)18-7-5-4-6-16(14)18/h4-13H,1-3H3. The molecule has 1 aliphatic heterocycles. The third-order valence-electron chi connectivity index (χ3n) is 4.70. The van der Waals surface area contributed by atoms with Crippen LogP contribution in [-0.2, 0) is 16.6 Å². The fraction of sp³-hybridized carbons (Fsp3) is 0.182. The van der Waals surface area contributed by atoms with Crippen molar-refractivity contribution in [1.82, 2.24) is 4.57 Å². The summed E-state index contributed by atoms with van der Waals surface area (Å²) in [5.41, 5.74) is 2.44. The second kappa shape index (κ2) is 6.88. The minimum absolute atomic E-state index is 0.185. The predicted molar refractivity (Wildman–Crippen MR) is 104 cm³/mol. The average Bonchev–Trinajstić information content (AvgIpc) is 3.18. The number of rotatable bonds is 4. The number of Topliss-reactive ketones (excluding diaryl/α,β-unsaturated/α-hetero) is 1. The number of carbonyl (C=O) groups excluding carboxylic acids is 2. The van der Waals surface area contributed by atoms with Gasteiger partial charge in [0.05, 0.1) is 12.7 Å². The Morgan fingerprint density at radius 3 is 2.79 bits per heavy atom. The van der Waals surface area contributed by atoms with Gasteiger partial charge in [-0.1, -0.05) is 18.2 Å². The molecule has 0 aliphatic carbocycles. The summed E-state index contributed by atoms with van der Waals surface area (Å²) in [5, 5.41) is 1.04. The van der Waals surface area contributed by atoms with E-state index in [4.69, 9.17) is 9.47 Å². The number of fused-ring (bicyclic) bond motifs is 2. The van der Waals surface area contributed by atoms with Crippen LogP contribution in [0.5, 0.6) is 11.5 Å². The first kappa shape index (κ1) is 17.9. The van der Waals surface area contributed by atoms with E-state index in [-0.39, 0.29) is 11.5 Å². The Bertz CT molecular complexity index is 1130. The van der Waals surface area contributed by atoms with Crippen LogP contribution in [0.3, 0.4) is 0 Å². The number of carbonyl (C=O) groups is 2. The van der Waals surface area contributed by atoms with Crippen molar-refractivity contribution in [2.24, 2.45) is 7.05 Å². The van der Waals surface area contributed by atoms with Gasteiger partial charge in [0.25, 0.3) is 0 Å². The molecule has 0 fully saturated rings. The first-order valence-corrected chi connectivity index (χ1v) is 8.85. The highest BCUT2D eigenvalue weighted by atomic mass is 16.6. The van der Waals surface area contributed by atoms with Crippen LogP contribution in [0.2, 0.25) is 0 Å².